The summed E-state index contributed by atoms with van der Waals surface area (Å²) in [5, 5.41) is 1.80. The topological polar surface area (TPSA) is 82.1 Å². The Bertz CT molecular complexity index is 1510. The Morgan fingerprint density at radius 2 is 1.57 bits per heavy atom. The first-order valence-corrected chi connectivity index (χ1v) is 16.4. The van der Waals surface area contributed by atoms with Crippen molar-refractivity contribution in [1.82, 2.24) is 0 Å². The molecule has 2 aromatic rings. The number of hydrogen-bond acceptors (Lipinski definition) is 9. The van der Waals surface area contributed by atoms with Gasteiger partial charge in [-0.25, -0.2) is 9.59 Å². The number of nitrogens with zero attached hydrogens (tertiary/aromatic N) is 1. The summed E-state index contributed by atoms with van der Waals surface area (Å²) in [6, 6.07) is 15.4. The molecule has 0 saturated heterocycles. The number of carbonyl (C=O) groups excluding carboxylic acids is 3. The Morgan fingerprint density at radius 1 is 0.881 bits per heavy atom. The number of esters is 2. The molecule has 1 atom stereocenters. The van der Waals surface area contributed by atoms with Gasteiger partial charge in [0.2, 0.25) is 5.91 Å². The summed E-state index contributed by atoms with van der Waals surface area (Å²) in [6.45, 7) is 10.4. The SMILES string of the molecule is CCOC(=O)C1=CC2(SC=C(C(=O)OCC)S2)C2=C(S1)C(C)(C)N(C(=O)Cc1ccccc1)c1ccc(OCC)cc12. The smallest absolute Gasteiger partial charge is 0.345 e. The van der Waals surface area contributed by atoms with E-state index in [-0.39, 0.29) is 25.5 Å². The molecule has 0 bridgehead atoms. The minimum Gasteiger partial charge on any atom is -0.494 e. The Labute approximate surface area is 259 Å². The van der Waals surface area contributed by atoms with Gasteiger partial charge in [0.25, 0.3) is 0 Å². The lowest BCUT2D eigenvalue weighted by molar-refractivity contribution is -0.138. The number of thioether (sulfide) groups is 3. The van der Waals surface area contributed by atoms with E-state index >= 15 is 0 Å². The molecule has 7 nitrogen and oxygen atoms in total. The van der Waals surface area contributed by atoms with Crippen LogP contribution in [0.5, 0.6) is 5.75 Å². The highest BCUT2D eigenvalue weighted by molar-refractivity contribution is 8.25. The molecule has 0 N–H and O–H groups in total. The van der Waals surface area contributed by atoms with E-state index in [1.54, 1.807) is 19.3 Å². The van der Waals surface area contributed by atoms with E-state index in [1.165, 1.54) is 35.3 Å². The van der Waals surface area contributed by atoms with Crippen molar-refractivity contribution in [3.05, 3.63) is 85.9 Å². The fourth-order valence-corrected chi connectivity index (χ4v) is 9.71. The summed E-state index contributed by atoms with van der Waals surface area (Å²) in [5.41, 5.74) is 2.58. The fraction of sp³-hybridized carbons (Fsp3) is 0.344. The van der Waals surface area contributed by atoms with Crippen LogP contribution in [0.2, 0.25) is 0 Å². The zero-order valence-corrected chi connectivity index (χ0v) is 26.7. The molecule has 0 fully saturated rings. The van der Waals surface area contributed by atoms with Crippen molar-refractivity contribution in [2.75, 3.05) is 24.7 Å². The van der Waals surface area contributed by atoms with Crippen LogP contribution in [0.1, 0.15) is 45.7 Å². The summed E-state index contributed by atoms with van der Waals surface area (Å²) in [5.74, 6) is -0.241. The lowest BCUT2D eigenvalue weighted by atomic mass is 9.84. The fourth-order valence-electron chi connectivity index (χ4n) is 5.32. The van der Waals surface area contributed by atoms with E-state index in [0.29, 0.717) is 22.2 Å². The molecule has 0 radical (unpaired) electrons. The number of carbonyl (C=O) groups is 3. The second-order valence-corrected chi connectivity index (χ2v) is 13.9. The van der Waals surface area contributed by atoms with Crippen LogP contribution < -0.4 is 9.64 Å². The molecule has 0 aromatic heterocycles. The van der Waals surface area contributed by atoms with Crippen molar-refractivity contribution in [3.63, 3.8) is 0 Å². The Morgan fingerprint density at radius 3 is 2.24 bits per heavy atom. The highest BCUT2D eigenvalue weighted by Crippen LogP contribution is 2.66. The third-order valence-electron chi connectivity index (χ3n) is 7.02. The predicted octanol–water partition coefficient (Wildman–Crippen LogP) is 6.94. The van der Waals surface area contributed by atoms with Crippen molar-refractivity contribution in [1.29, 1.82) is 0 Å². The van der Waals surface area contributed by atoms with Crippen LogP contribution in [0.4, 0.5) is 5.69 Å². The maximum atomic E-state index is 14.1. The van der Waals surface area contributed by atoms with E-state index in [0.717, 1.165) is 27.3 Å². The van der Waals surface area contributed by atoms with Crippen molar-refractivity contribution in [2.45, 2.75) is 50.7 Å². The third kappa shape index (κ3) is 5.52. The van der Waals surface area contributed by atoms with Crippen molar-refractivity contribution >= 4 is 64.4 Å². The summed E-state index contributed by atoms with van der Waals surface area (Å²) >= 11 is 4.13. The molecule has 0 saturated carbocycles. The molecule has 10 heteroatoms. The van der Waals surface area contributed by atoms with Gasteiger partial charge in [-0.05, 0) is 69.9 Å². The van der Waals surface area contributed by atoms with Gasteiger partial charge in [0, 0.05) is 16.0 Å². The van der Waals surface area contributed by atoms with Crippen molar-refractivity contribution < 1.29 is 28.6 Å². The van der Waals surface area contributed by atoms with Crippen molar-refractivity contribution in [3.8, 4) is 5.75 Å². The maximum absolute atomic E-state index is 14.1. The van der Waals surface area contributed by atoms with E-state index in [2.05, 4.69) is 0 Å². The van der Waals surface area contributed by atoms with Crippen LogP contribution in [0.15, 0.2) is 74.7 Å². The van der Waals surface area contributed by atoms with Crippen LogP contribution >= 0.6 is 35.3 Å². The number of rotatable bonds is 8. The number of ether oxygens (including phenoxy) is 3. The summed E-state index contributed by atoms with van der Waals surface area (Å²) < 4.78 is 15.8. The van der Waals surface area contributed by atoms with Crippen LogP contribution in [0.3, 0.4) is 0 Å². The minimum absolute atomic E-state index is 0.0675. The first-order chi connectivity index (χ1) is 20.1. The maximum Gasteiger partial charge on any atom is 0.345 e. The average Bonchev–Trinajstić information content (AvgIpc) is 3.38. The summed E-state index contributed by atoms with van der Waals surface area (Å²) in [6.07, 6.45) is 2.11. The lowest BCUT2D eigenvalue weighted by Gasteiger charge is -2.50. The van der Waals surface area contributed by atoms with Gasteiger partial charge in [0.05, 0.1) is 42.4 Å². The molecule has 1 amide bonds. The molecule has 220 valence electrons. The normalized spacial score (nSPS) is 20.4. The standard InChI is InChI=1S/C32H33NO6S3/c1-6-37-21-14-15-23-22(17-21)27-28(31(4,5)33(23)26(34)16-20-12-10-9-11-13-20)41-24(29(35)38-7-2)18-32(27)40-19-25(42-32)30(36)39-8-3/h9-15,17-19H,6-8,16H2,1-5H3. The van der Waals surface area contributed by atoms with Gasteiger partial charge in [0.1, 0.15) is 14.7 Å². The summed E-state index contributed by atoms with van der Waals surface area (Å²) in [4.78, 5) is 43.8. The van der Waals surface area contributed by atoms with Crippen LogP contribution in [-0.4, -0.2) is 47.3 Å². The molecule has 3 aliphatic rings. The molecular weight excluding hydrogens is 591 g/mol. The number of amides is 1. The Balaban J connectivity index is 1.70. The number of anilines is 1. The van der Waals surface area contributed by atoms with E-state index < -0.39 is 21.6 Å². The van der Waals surface area contributed by atoms with Gasteiger partial charge in [-0.3, -0.25) is 4.79 Å². The van der Waals surface area contributed by atoms with E-state index in [9.17, 15) is 14.4 Å². The van der Waals surface area contributed by atoms with Gasteiger partial charge >= 0.3 is 11.9 Å². The molecular formula is C32H33NO6S3. The molecule has 3 heterocycles. The summed E-state index contributed by atoms with van der Waals surface area (Å²) in [7, 11) is 0. The second-order valence-electron chi connectivity index (χ2n) is 10.2. The zero-order chi connectivity index (χ0) is 30.1. The van der Waals surface area contributed by atoms with Gasteiger partial charge in [0.15, 0.2) is 0 Å². The zero-order valence-electron chi connectivity index (χ0n) is 24.2. The first-order valence-electron chi connectivity index (χ1n) is 13.9. The second kappa shape index (κ2) is 12.3. The van der Waals surface area contributed by atoms with E-state index in [1.807, 2.05) is 80.3 Å². The number of hydrogen-bond donors (Lipinski definition) is 0. The van der Waals surface area contributed by atoms with Gasteiger partial charge in [-0.2, -0.15) is 0 Å². The largest absolute Gasteiger partial charge is 0.494 e. The molecule has 5 rings (SSSR count). The predicted molar refractivity (Wildman–Crippen MR) is 171 cm³/mol. The molecule has 1 spiro atoms. The van der Waals surface area contributed by atoms with Crippen LogP contribution in [0, 0.1) is 0 Å². The van der Waals surface area contributed by atoms with E-state index in [4.69, 9.17) is 14.2 Å². The van der Waals surface area contributed by atoms with Gasteiger partial charge in [-0.1, -0.05) is 53.9 Å². The van der Waals surface area contributed by atoms with Gasteiger partial charge in [-0.15, -0.1) is 11.8 Å². The van der Waals surface area contributed by atoms with Gasteiger partial charge < -0.3 is 19.1 Å². The first kappa shape index (κ1) is 30.4. The Kier molecular flexibility index (Phi) is 8.87. The average molecular weight is 624 g/mol. The molecule has 1 unspecified atom stereocenters. The quantitative estimate of drug-likeness (QED) is 0.291. The highest BCUT2D eigenvalue weighted by Gasteiger charge is 2.54. The van der Waals surface area contributed by atoms with Crippen LogP contribution in [0.25, 0.3) is 5.57 Å². The lowest BCUT2D eigenvalue weighted by Crippen LogP contribution is -2.53. The molecule has 3 aliphatic heterocycles. The molecule has 42 heavy (non-hydrogen) atoms. The van der Waals surface area contributed by atoms with Crippen LogP contribution in [-0.2, 0) is 30.3 Å². The third-order valence-corrected chi connectivity index (χ3v) is 11.3. The minimum atomic E-state index is -0.865. The number of fused-ring (bicyclic) bond motifs is 3. The molecule has 2 aromatic carbocycles. The highest BCUT2D eigenvalue weighted by atomic mass is 32.2. The number of benzene rings is 2. The monoisotopic (exact) mass is 623 g/mol. The van der Waals surface area contributed by atoms with Crippen molar-refractivity contribution in [2.24, 2.45) is 0 Å². The molecule has 0 aliphatic carbocycles. The Hall–Kier alpha value is -3.08.